The van der Waals surface area contributed by atoms with Crippen LogP contribution in [0.3, 0.4) is 0 Å². The molecular weight excluding hydrogens is 188 g/mol. The van der Waals surface area contributed by atoms with E-state index in [-0.39, 0.29) is 12.1 Å². The summed E-state index contributed by atoms with van der Waals surface area (Å²) in [7, 11) is 0. The Morgan fingerprint density at radius 2 is 2.07 bits per heavy atom. The Morgan fingerprint density at radius 1 is 1.40 bits per heavy atom. The van der Waals surface area contributed by atoms with Gasteiger partial charge >= 0.3 is 5.97 Å². The average molecular weight is 210 g/mol. The van der Waals surface area contributed by atoms with Crippen LogP contribution in [0.25, 0.3) is 0 Å². The lowest BCUT2D eigenvalue weighted by Crippen LogP contribution is -2.27. The third-order valence-corrected chi connectivity index (χ3v) is 5.16. The molecule has 2 aliphatic carbocycles. The van der Waals surface area contributed by atoms with Crippen LogP contribution in [0.5, 0.6) is 0 Å². The Hall–Kier alpha value is -0.530. The number of carbonyl (C=O) groups excluding carboxylic acids is 1. The van der Waals surface area contributed by atoms with Gasteiger partial charge in [-0.15, -0.1) is 0 Å². The summed E-state index contributed by atoms with van der Waals surface area (Å²) in [6.45, 7) is 8.89. The van der Waals surface area contributed by atoms with E-state index in [2.05, 4.69) is 20.8 Å². The minimum Gasteiger partial charge on any atom is -0.462 e. The molecule has 2 bridgehead atoms. The molecular formula is C13H22O2. The SMILES string of the molecule is CCC(=O)OC1CC2(C)CCC1C2(C)C. The molecule has 0 aromatic carbocycles. The van der Waals surface area contributed by atoms with Gasteiger partial charge in [0, 0.05) is 12.3 Å². The Morgan fingerprint density at radius 3 is 2.47 bits per heavy atom. The van der Waals surface area contributed by atoms with Crippen molar-refractivity contribution in [3.05, 3.63) is 0 Å². The van der Waals surface area contributed by atoms with Gasteiger partial charge in [0.05, 0.1) is 0 Å². The summed E-state index contributed by atoms with van der Waals surface area (Å²) in [4.78, 5) is 11.3. The van der Waals surface area contributed by atoms with Gasteiger partial charge in [-0.1, -0.05) is 27.7 Å². The lowest BCUT2D eigenvalue weighted by atomic mass is 9.71. The van der Waals surface area contributed by atoms with E-state index in [1.807, 2.05) is 6.92 Å². The first-order valence-corrected chi connectivity index (χ1v) is 6.10. The van der Waals surface area contributed by atoms with E-state index in [9.17, 15) is 4.79 Å². The Kier molecular flexibility index (Phi) is 2.36. The maximum atomic E-state index is 11.3. The summed E-state index contributed by atoms with van der Waals surface area (Å²) in [5, 5.41) is 0. The van der Waals surface area contributed by atoms with Crippen LogP contribution in [0.4, 0.5) is 0 Å². The highest BCUT2D eigenvalue weighted by molar-refractivity contribution is 5.69. The van der Waals surface area contributed by atoms with Crippen LogP contribution in [0, 0.1) is 16.7 Å². The molecule has 2 fully saturated rings. The molecule has 2 rings (SSSR count). The van der Waals surface area contributed by atoms with Gasteiger partial charge in [-0.25, -0.2) is 0 Å². The van der Waals surface area contributed by atoms with Crippen molar-refractivity contribution in [2.24, 2.45) is 16.7 Å². The lowest BCUT2D eigenvalue weighted by molar-refractivity contribution is -0.151. The molecule has 2 nitrogen and oxygen atoms in total. The van der Waals surface area contributed by atoms with Crippen LogP contribution in [0.1, 0.15) is 53.4 Å². The van der Waals surface area contributed by atoms with E-state index in [4.69, 9.17) is 4.74 Å². The largest absolute Gasteiger partial charge is 0.462 e. The van der Waals surface area contributed by atoms with Crippen molar-refractivity contribution in [1.29, 1.82) is 0 Å². The maximum absolute atomic E-state index is 11.3. The number of rotatable bonds is 2. The third-order valence-electron chi connectivity index (χ3n) is 5.16. The molecule has 0 aliphatic heterocycles. The summed E-state index contributed by atoms with van der Waals surface area (Å²) in [5.41, 5.74) is 0.724. The third kappa shape index (κ3) is 1.41. The zero-order valence-corrected chi connectivity index (χ0v) is 10.3. The minimum absolute atomic E-state index is 0.0352. The fourth-order valence-corrected chi connectivity index (χ4v) is 3.58. The first-order chi connectivity index (χ1) is 6.90. The maximum Gasteiger partial charge on any atom is 0.305 e. The van der Waals surface area contributed by atoms with Crippen LogP contribution < -0.4 is 0 Å². The summed E-state index contributed by atoms with van der Waals surface area (Å²) in [6.07, 6.45) is 4.28. The second kappa shape index (κ2) is 3.23. The second-order valence-corrected chi connectivity index (χ2v) is 6.01. The van der Waals surface area contributed by atoms with Gasteiger partial charge in [0.15, 0.2) is 0 Å². The van der Waals surface area contributed by atoms with Gasteiger partial charge in [-0.2, -0.15) is 0 Å². The Bertz CT molecular complexity index is 280. The van der Waals surface area contributed by atoms with Crippen molar-refractivity contribution in [3.8, 4) is 0 Å². The smallest absolute Gasteiger partial charge is 0.305 e. The summed E-state index contributed by atoms with van der Waals surface area (Å²) >= 11 is 0. The molecule has 3 atom stereocenters. The zero-order chi connectivity index (χ0) is 11.3. The lowest BCUT2D eigenvalue weighted by Gasteiger charge is -2.33. The molecule has 0 aromatic rings. The number of hydrogen-bond donors (Lipinski definition) is 0. The predicted octanol–water partition coefficient (Wildman–Crippen LogP) is 3.15. The fourth-order valence-electron chi connectivity index (χ4n) is 3.58. The Labute approximate surface area is 92.4 Å². The van der Waals surface area contributed by atoms with E-state index in [1.54, 1.807) is 0 Å². The quantitative estimate of drug-likeness (QED) is 0.654. The van der Waals surface area contributed by atoms with Crippen LogP contribution in [0.2, 0.25) is 0 Å². The average Bonchev–Trinajstić information content (AvgIpc) is 2.48. The van der Waals surface area contributed by atoms with Crippen molar-refractivity contribution in [2.45, 2.75) is 59.5 Å². The normalized spacial score (nSPS) is 41.9. The summed E-state index contributed by atoms with van der Waals surface area (Å²) in [6, 6.07) is 0. The second-order valence-electron chi connectivity index (χ2n) is 6.01. The van der Waals surface area contributed by atoms with Gasteiger partial charge in [-0.05, 0) is 30.1 Å². The molecule has 2 saturated carbocycles. The number of ether oxygens (including phenoxy) is 1. The number of hydrogen-bond acceptors (Lipinski definition) is 2. The first-order valence-electron chi connectivity index (χ1n) is 6.10. The van der Waals surface area contributed by atoms with E-state index in [1.165, 1.54) is 12.8 Å². The molecule has 0 saturated heterocycles. The fraction of sp³-hybridized carbons (Fsp3) is 0.923. The zero-order valence-electron chi connectivity index (χ0n) is 10.3. The minimum atomic E-state index is -0.0352. The molecule has 0 radical (unpaired) electrons. The first kappa shape index (κ1) is 11.0. The van der Waals surface area contributed by atoms with Crippen LogP contribution in [-0.4, -0.2) is 12.1 Å². The van der Waals surface area contributed by atoms with Crippen molar-refractivity contribution in [2.75, 3.05) is 0 Å². The van der Waals surface area contributed by atoms with E-state index < -0.39 is 0 Å². The molecule has 0 spiro atoms. The van der Waals surface area contributed by atoms with Crippen molar-refractivity contribution < 1.29 is 9.53 Å². The highest BCUT2D eigenvalue weighted by Gasteiger charge is 2.61. The number of esters is 1. The van der Waals surface area contributed by atoms with Gasteiger partial charge < -0.3 is 4.74 Å². The number of carbonyl (C=O) groups is 1. The molecule has 15 heavy (non-hydrogen) atoms. The molecule has 2 heteroatoms. The van der Waals surface area contributed by atoms with E-state index in [0.29, 0.717) is 23.2 Å². The molecule has 0 aromatic heterocycles. The van der Waals surface area contributed by atoms with Gasteiger partial charge in [-0.3, -0.25) is 4.79 Å². The highest BCUT2D eigenvalue weighted by atomic mass is 16.5. The molecule has 2 aliphatic rings. The molecule has 0 amide bonds. The van der Waals surface area contributed by atoms with E-state index in [0.717, 1.165) is 6.42 Å². The summed E-state index contributed by atoms with van der Waals surface area (Å²) < 4.78 is 5.56. The summed E-state index contributed by atoms with van der Waals surface area (Å²) in [5.74, 6) is 0.546. The highest BCUT2D eigenvalue weighted by Crippen LogP contribution is 2.66. The van der Waals surface area contributed by atoms with E-state index >= 15 is 0 Å². The molecule has 86 valence electrons. The van der Waals surface area contributed by atoms with Crippen LogP contribution in [-0.2, 0) is 9.53 Å². The van der Waals surface area contributed by atoms with Gasteiger partial charge in [0.1, 0.15) is 6.10 Å². The van der Waals surface area contributed by atoms with Crippen LogP contribution >= 0.6 is 0 Å². The van der Waals surface area contributed by atoms with Crippen molar-refractivity contribution in [1.82, 2.24) is 0 Å². The predicted molar refractivity (Wildman–Crippen MR) is 59.4 cm³/mol. The monoisotopic (exact) mass is 210 g/mol. The standard InChI is InChI=1S/C13H22O2/c1-5-11(14)15-10-8-13(4)7-6-9(10)12(13,2)3/h9-10H,5-8H2,1-4H3. The molecule has 3 unspecified atom stereocenters. The molecule has 0 N–H and O–H groups in total. The molecule has 0 heterocycles. The topological polar surface area (TPSA) is 26.3 Å². The Balaban J connectivity index is 2.12. The van der Waals surface area contributed by atoms with Gasteiger partial charge in [0.2, 0.25) is 0 Å². The van der Waals surface area contributed by atoms with Crippen LogP contribution in [0.15, 0.2) is 0 Å². The van der Waals surface area contributed by atoms with Crippen molar-refractivity contribution >= 4 is 5.97 Å². The van der Waals surface area contributed by atoms with Gasteiger partial charge in [0.25, 0.3) is 0 Å². The van der Waals surface area contributed by atoms with Crippen molar-refractivity contribution in [3.63, 3.8) is 0 Å². The number of fused-ring (bicyclic) bond motifs is 2.